The highest BCUT2D eigenvalue weighted by Crippen LogP contribution is 2.15. The van der Waals surface area contributed by atoms with E-state index in [1.165, 1.54) is 7.11 Å². The lowest BCUT2D eigenvalue weighted by Crippen LogP contribution is -2.32. The molecule has 0 radical (unpaired) electrons. The SMILES string of the molecule is CCOC(=O)N(/C=C(/C#N)C(=O)Nc1ccc(OC)cc1)CCN. The highest BCUT2D eigenvalue weighted by molar-refractivity contribution is 6.06. The van der Waals surface area contributed by atoms with E-state index in [-0.39, 0.29) is 25.3 Å². The minimum atomic E-state index is -0.673. The molecule has 8 nitrogen and oxygen atoms in total. The van der Waals surface area contributed by atoms with E-state index >= 15 is 0 Å². The van der Waals surface area contributed by atoms with Crippen LogP contribution in [0.2, 0.25) is 0 Å². The highest BCUT2D eigenvalue weighted by Gasteiger charge is 2.16. The summed E-state index contributed by atoms with van der Waals surface area (Å²) in [6.07, 6.45) is 0.455. The van der Waals surface area contributed by atoms with E-state index in [1.54, 1.807) is 37.3 Å². The molecular formula is C16H20N4O4. The van der Waals surface area contributed by atoms with Crippen molar-refractivity contribution in [3.8, 4) is 11.8 Å². The third-order valence-electron chi connectivity index (χ3n) is 2.87. The molecule has 8 heteroatoms. The number of rotatable bonds is 7. The Kier molecular flexibility index (Phi) is 7.81. The molecular weight excluding hydrogens is 312 g/mol. The maximum absolute atomic E-state index is 12.2. The fourth-order valence-corrected chi connectivity index (χ4v) is 1.72. The molecule has 3 N–H and O–H groups in total. The number of anilines is 1. The fourth-order valence-electron chi connectivity index (χ4n) is 1.72. The van der Waals surface area contributed by atoms with Crippen LogP contribution in [0.3, 0.4) is 0 Å². The Labute approximate surface area is 140 Å². The summed E-state index contributed by atoms with van der Waals surface area (Å²) in [6.45, 7) is 2.12. The first kappa shape index (κ1) is 19.0. The van der Waals surface area contributed by atoms with E-state index in [1.807, 2.05) is 0 Å². The van der Waals surface area contributed by atoms with Crippen molar-refractivity contribution in [3.63, 3.8) is 0 Å². The number of hydrogen-bond acceptors (Lipinski definition) is 6. The lowest BCUT2D eigenvalue weighted by molar-refractivity contribution is -0.112. The Morgan fingerprint density at radius 2 is 2.04 bits per heavy atom. The summed E-state index contributed by atoms with van der Waals surface area (Å²) in [5.74, 6) is -0.00512. The molecule has 1 rings (SSSR count). The van der Waals surface area contributed by atoms with Crippen LogP contribution in [0.1, 0.15) is 6.92 Å². The van der Waals surface area contributed by atoms with Gasteiger partial charge in [0.2, 0.25) is 0 Å². The van der Waals surface area contributed by atoms with E-state index in [0.717, 1.165) is 11.1 Å². The number of benzene rings is 1. The smallest absolute Gasteiger partial charge is 0.413 e. The summed E-state index contributed by atoms with van der Waals surface area (Å²) in [5, 5.41) is 11.7. The molecule has 0 saturated heterocycles. The predicted molar refractivity (Wildman–Crippen MR) is 88.1 cm³/mol. The molecule has 0 aliphatic carbocycles. The van der Waals surface area contributed by atoms with Crippen LogP contribution in [0.15, 0.2) is 36.0 Å². The molecule has 0 spiro atoms. The van der Waals surface area contributed by atoms with Gasteiger partial charge < -0.3 is 20.5 Å². The van der Waals surface area contributed by atoms with E-state index in [4.69, 9.17) is 15.2 Å². The van der Waals surface area contributed by atoms with Crippen molar-refractivity contribution < 1.29 is 19.1 Å². The molecule has 1 aromatic carbocycles. The number of nitrogens with one attached hydrogen (secondary N) is 1. The molecule has 0 aliphatic rings. The molecule has 128 valence electrons. The van der Waals surface area contributed by atoms with Crippen molar-refractivity contribution >= 4 is 17.7 Å². The topological polar surface area (TPSA) is 118 Å². The number of nitriles is 1. The van der Waals surface area contributed by atoms with Crippen LogP contribution in [-0.2, 0) is 9.53 Å². The number of carbonyl (C=O) groups excluding carboxylic acids is 2. The number of methoxy groups -OCH3 is 1. The van der Waals surface area contributed by atoms with Crippen LogP contribution in [0, 0.1) is 11.3 Å². The zero-order chi connectivity index (χ0) is 17.9. The normalized spacial score (nSPS) is 10.5. The summed E-state index contributed by atoms with van der Waals surface area (Å²) in [5.41, 5.74) is 5.68. The number of nitrogens with zero attached hydrogens (tertiary/aromatic N) is 2. The number of amides is 2. The Hall–Kier alpha value is -3.05. The van der Waals surface area contributed by atoms with Crippen molar-refractivity contribution in [3.05, 3.63) is 36.0 Å². The fraction of sp³-hybridized carbons (Fsp3) is 0.312. The molecule has 0 unspecified atom stereocenters. The van der Waals surface area contributed by atoms with Gasteiger partial charge >= 0.3 is 6.09 Å². The summed E-state index contributed by atoms with van der Waals surface area (Å²) in [4.78, 5) is 25.1. The van der Waals surface area contributed by atoms with E-state index in [0.29, 0.717) is 11.4 Å². The highest BCUT2D eigenvalue weighted by atomic mass is 16.6. The number of hydrogen-bond donors (Lipinski definition) is 2. The van der Waals surface area contributed by atoms with Gasteiger partial charge in [0.05, 0.1) is 13.7 Å². The van der Waals surface area contributed by atoms with Crippen LogP contribution < -0.4 is 15.8 Å². The number of ether oxygens (including phenoxy) is 2. The Bertz CT molecular complexity index is 634. The van der Waals surface area contributed by atoms with Crippen LogP contribution in [0.25, 0.3) is 0 Å². The minimum absolute atomic E-state index is 0.125. The van der Waals surface area contributed by atoms with E-state index in [2.05, 4.69) is 5.32 Å². The maximum Gasteiger partial charge on any atom is 0.413 e. The first-order valence-corrected chi connectivity index (χ1v) is 7.26. The summed E-state index contributed by atoms with van der Waals surface area (Å²) in [7, 11) is 1.53. The van der Waals surface area contributed by atoms with Crippen molar-refractivity contribution in [1.82, 2.24) is 4.90 Å². The second-order valence-electron chi connectivity index (χ2n) is 4.52. The van der Waals surface area contributed by atoms with Crippen LogP contribution >= 0.6 is 0 Å². The van der Waals surface area contributed by atoms with Crippen LogP contribution in [0.5, 0.6) is 5.75 Å². The predicted octanol–water partition coefficient (Wildman–Crippen LogP) is 1.46. The summed E-state index contributed by atoms with van der Waals surface area (Å²) < 4.78 is 9.88. The third-order valence-corrected chi connectivity index (χ3v) is 2.87. The molecule has 0 saturated carbocycles. The monoisotopic (exact) mass is 332 g/mol. The van der Waals surface area contributed by atoms with Crippen LogP contribution in [-0.4, -0.2) is 43.7 Å². The summed E-state index contributed by atoms with van der Waals surface area (Å²) >= 11 is 0. The Balaban J connectivity index is 2.89. The first-order chi connectivity index (χ1) is 11.5. The van der Waals surface area contributed by atoms with Gasteiger partial charge in [0, 0.05) is 25.0 Å². The second-order valence-corrected chi connectivity index (χ2v) is 4.52. The van der Waals surface area contributed by atoms with Crippen molar-refractivity contribution in [2.75, 3.05) is 32.1 Å². The minimum Gasteiger partial charge on any atom is -0.497 e. The van der Waals surface area contributed by atoms with Gasteiger partial charge in [-0.2, -0.15) is 5.26 Å². The van der Waals surface area contributed by atoms with Crippen LogP contribution in [0.4, 0.5) is 10.5 Å². The van der Waals surface area contributed by atoms with Crippen molar-refractivity contribution in [2.45, 2.75) is 6.92 Å². The quantitative estimate of drug-likeness (QED) is 0.576. The third kappa shape index (κ3) is 5.62. The average Bonchev–Trinajstić information content (AvgIpc) is 2.59. The first-order valence-electron chi connectivity index (χ1n) is 7.26. The molecule has 0 atom stereocenters. The zero-order valence-electron chi connectivity index (χ0n) is 13.6. The number of carbonyl (C=O) groups is 2. The molecule has 24 heavy (non-hydrogen) atoms. The molecule has 0 bridgehead atoms. The lowest BCUT2D eigenvalue weighted by atomic mass is 10.2. The summed E-state index contributed by atoms with van der Waals surface area (Å²) in [6, 6.07) is 8.37. The lowest BCUT2D eigenvalue weighted by Gasteiger charge is -2.17. The van der Waals surface area contributed by atoms with Gasteiger partial charge in [-0.05, 0) is 31.2 Å². The van der Waals surface area contributed by atoms with Gasteiger partial charge in [-0.25, -0.2) is 4.79 Å². The van der Waals surface area contributed by atoms with Gasteiger partial charge in [-0.15, -0.1) is 0 Å². The Morgan fingerprint density at radius 1 is 1.38 bits per heavy atom. The van der Waals surface area contributed by atoms with Crippen molar-refractivity contribution in [1.29, 1.82) is 5.26 Å². The molecule has 1 aromatic rings. The Morgan fingerprint density at radius 3 is 2.54 bits per heavy atom. The van der Waals surface area contributed by atoms with Gasteiger partial charge in [0.25, 0.3) is 5.91 Å². The molecule has 0 aromatic heterocycles. The van der Waals surface area contributed by atoms with E-state index in [9.17, 15) is 14.9 Å². The van der Waals surface area contributed by atoms with Crippen molar-refractivity contribution in [2.24, 2.45) is 5.73 Å². The standard InChI is InChI=1S/C16H20N4O4/c1-3-24-16(22)20(9-8-17)11-12(10-18)15(21)19-13-4-6-14(23-2)7-5-13/h4-7,11H,3,8-9,17H2,1-2H3,(H,19,21)/b12-11-. The second kappa shape index (κ2) is 9.86. The van der Waals surface area contributed by atoms with Gasteiger partial charge in [0.15, 0.2) is 0 Å². The van der Waals surface area contributed by atoms with Gasteiger partial charge in [0.1, 0.15) is 17.4 Å². The number of nitrogens with two attached hydrogens (primary N) is 1. The average molecular weight is 332 g/mol. The maximum atomic E-state index is 12.2. The molecule has 0 heterocycles. The molecule has 0 aliphatic heterocycles. The van der Waals surface area contributed by atoms with Gasteiger partial charge in [-0.1, -0.05) is 0 Å². The van der Waals surface area contributed by atoms with Gasteiger partial charge in [-0.3, -0.25) is 9.69 Å². The molecule has 2 amide bonds. The largest absolute Gasteiger partial charge is 0.497 e. The molecule has 0 fully saturated rings. The zero-order valence-corrected chi connectivity index (χ0v) is 13.6. The van der Waals surface area contributed by atoms with E-state index < -0.39 is 12.0 Å².